The smallest absolute Gasteiger partial charge is 0.170 e. The summed E-state index contributed by atoms with van der Waals surface area (Å²) in [6.07, 6.45) is 6.75. The van der Waals surface area contributed by atoms with Crippen molar-refractivity contribution < 1.29 is 4.79 Å². The number of aromatic nitrogens is 2. The van der Waals surface area contributed by atoms with Gasteiger partial charge in [-0.15, -0.1) is 0 Å². The SMILES string of the molecule is O=Cc1c(N2CCN3CCCCC3C2)nc2ccccn12. The maximum Gasteiger partial charge on any atom is 0.170 e. The van der Waals surface area contributed by atoms with Crippen LogP contribution in [0.15, 0.2) is 24.4 Å². The minimum atomic E-state index is 0.622. The molecule has 2 saturated heterocycles. The molecule has 2 aliphatic rings. The highest BCUT2D eigenvalue weighted by Crippen LogP contribution is 2.26. The molecule has 4 rings (SSSR count). The van der Waals surface area contributed by atoms with E-state index in [1.54, 1.807) is 0 Å². The average Bonchev–Trinajstić information content (AvgIpc) is 2.93. The largest absolute Gasteiger partial charge is 0.352 e. The third kappa shape index (κ3) is 2.12. The van der Waals surface area contributed by atoms with Gasteiger partial charge in [0.15, 0.2) is 12.1 Å². The average molecular weight is 284 g/mol. The number of fused-ring (bicyclic) bond motifs is 2. The van der Waals surface area contributed by atoms with Crippen LogP contribution in [0.2, 0.25) is 0 Å². The first-order valence-electron chi connectivity index (χ1n) is 7.78. The van der Waals surface area contributed by atoms with Gasteiger partial charge in [-0.2, -0.15) is 0 Å². The Bertz CT molecular complexity index is 665. The Hall–Kier alpha value is -1.88. The molecule has 2 aromatic heterocycles. The van der Waals surface area contributed by atoms with Gasteiger partial charge in [0.1, 0.15) is 11.3 Å². The number of piperazine rings is 1. The summed E-state index contributed by atoms with van der Waals surface area (Å²) in [6.45, 7) is 4.26. The number of aldehydes is 1. The van der Waals surface area contributed by atoms with Gasteiger partial charge in [-0.3, -0.25) is 14.1 Å². The van der Waals surface area contributed by atoms with Crippen molar-refractivity contribution in [1.82, 2.24) is 14.3 Å². The van der Waals surface area contributed by atoms with Crippen molar-refractivity contribution in [3.8, 4) is 0 Å². The zero-order valence-electron chi connectivity index (χ0n) is 12.1. The van der Waals surface area contributed by atoms with E-state index in [-0.39, 0.29) is 0 Å². The molecular formula is C16H20N4O. The maximum atomic E-state index is 11.5. The quantitative estimate of drug-likeness (QED) is 0.789. The van der Waals surface area contributed by atoms with Gasteiger partial charge in [0.05, 0.1) is 0 Å². The highest BCUT2D eigenvalue weighted by atomic mass is 16.1. The van der Waals surface area contributed by atoms with Crippen LogP contribution in [0.4, 0.5) is 5.82 Å². The van der Waals surface area contributed by atoms with Crippen molar-refractivity contribution >= 4 is 17.8 Å². The first-order chi connectivity index (χ1) is 10.4. The first-order valence-corrected chi connectivity index (χ1v) is 7.78. The molecule has 0 saturated carbocycles. The fraction of sp³-hybridized carbons (Fsp3) is 0.500. The maximum absolute atomic E-state index is 11.5. The lowest BCUT2D eigenvalue weighted by atomic mass is 9.99. The van der Waals surface area contributed by atoms with E-state index in [2.05, 4.69) is 14.8 Å². The Morgan fingerprint density at radius 3 is 3.05 bits per heavy atom. The van der Waals surface area contributed by atoms with Gasteiger partial charge in [0, 0.05) is 31.9 Å². The van der Waals surface area contributed by atoms with Crippen LogP contribution in [0, 0.1) is 0 Å². The van der Waals surface area contributed by atoms with E-state index in [1.807, 2.05) is 28.8 Å². The number of nitrogens with zero attached hydrogens (tertiary/aromatic N) is 4. The van der Waals surface area contributed by atoms with Crippen LogP contribution in [-0.4, -0.2) is 52.8 Å². The molecule has 0 radical (unpaired) electrons. The minimum absolute atomic E-state index is 0.622. The van der Waals surface area contributed by atoms with Crippen molar-refractivity contribution in [3.63, 3.8) is 0 Å². The molecule has 0 amide bonds. The summed E-state index contributed by atoms with van der Waals surface area (Å²) in [6, 6.07) is 6.47. The van der Waals surface area contributed by atoms with Gasteiger partial charge in [-0.25, -0.2) is 4.98 Å². The van der Waals surface area contributed by atoms with E-state index < -0.39 is 0 Å². The van der Waals surface area contributed by atoms with E-state index in [1.165, 1.54) is 25.8 Å². The lowest BCUT2D eigenvalue weighted by Crippen LogP contribution is -2.55. The molecular weight excluding hydrogens is 264 g/mol. The molecule has 110 valence electrons. The molecule has 2 aliphatic heterocycles. The fourth-order valence-corrected chi connectivity index (χ4v) is 3.69. The van der Waals surface area contributed by atoms with Gasteiger partial charge in [0.2, 0.25) is 0 Å². The van der Waals surface area contributed by atoms with Crippen LogP contribution in [0.5, 0.6) is 0 Å². The van der Waals surface area contributed by atoms with E-state index >= 15 is 0 Å². The van der Waals surface area contributed by atoms with Crippen LogP contribution in [-0.2, 0) is 0 Å². The Morgan fingerprint density at radius 1 is 1.19 bits per heavy atom. The molecule has 0 N–H and O–H groups in total. The Morgan fingerprint density at radius 2 is 2.14 bits per heavy atom. The third-order valence-corrected chi connectivity index (χ3v) is 4.80. The number of pyridine rings is 1. The number of anilines is 1. The number of carbonyl (C=O) groups excluding carboxylic acids is 1. The van der Waals surface area contributed by atoms with Gasteiger partial charge in [-0.05, 0) is 31.5 Å². The Balaban J connectivity index is 1.68. The van der Waals surface area contributed by atoms with Gasteiger partial charge >= 0.3 is 0 Å². The predicted molar refractivity (Wildman–Crippen MR) is 82.0 cm³/mol. The predicted octanol–water partition coefficient (Wildman–Crippen LogP) is 1.82. The minimum Gasteiger partial charge on any atom is -0.352 e. The summed E-state index contributed by atoms with van der Waals surface area (Å²) in [5, 5.41) is 0. The Kier molecular flexibility index (Phi) is 3.15. The number of carbonyl (C=O) groups is 1. The molecule has 5 heteroatoms. The topological polar surface area (TPSA) is 40.9 Å². The second-order valence-corrected chi connectivity index (χ2v) is 6.00. The van der Waals surface area contributed by atoms with E-state index in [0.717, 1.165) is 37.4 Å². The van der Waals surface area contributed by atoms with Crippen molar-refractivity contribution in [2.75, 3.05) is 31.1 Å². The Labute approximate surface area is 124 Å². The first kappa shape index (κ1) is 12.8. The lowest BCUT2D eigenvalue weighted by molar-refractivity contribution is 0.111. The molecule has 0 aliphatic carbocycles. The second kappa shape index (κ2) is 5.15. The van der Waals surface area contributed by atoms with Gasteiger partial charge in [-0.1, -0.05) is 12.5 Å². The van der Waals surface area contributed by atoms with Crippen LogP contribution < -0.4 is 4.90 Å². The third-order valence-electron chi connectivity index (χ3n) is 4.80. The van der Waals surface area contributed by atoms with Crippen LogP contribution in [0.3, 0.4) is 0 Å². The summed E-state index contributed by atoms with van der Waals surface area (Å²) in [5.41, 5.74) is 1.52. The monoisotopic (exact) mass is 284 g/mol. The summed E-state index contributed by atoms with van der Waals surface area (Å²) in [5.74, 6) is 0.849. The summed E-state index contributed by atoms with van der Waals surface area (Å²) in [4.78, 5) is 21.1. The van der Waals surface area contributed by atoms with E-state index in [4.69, 9.17) is 0 Å². The van der Waals surface area contributed by atoms with E-state index in [9.17, 15) is 4.79 Å². The zero-order chi connectivity index (χ0) is 14.2. The van der Waals surface area contributed by atoms with Crippen LogP contribution in [0.1, 0.15) is 29.8 Å². The fourth-order valence-electron chi connectivity index (χ4n) is 3.69. The molecule has 5 nitrogen and oxygen atoms in total. The second-order valence-electron chi connectivity index (χ2n) is 6.00. The standard InChI is InChI=1S/C16H20N4O/c21-12-14-16(17-15-6-2-4-8-20(14)15)19-10-9-18-7-3-1-5-13(18)11-19/h2,4,6,8,12-13H,1,3,5,7,9-11H2. The normalized spacial score (nSPS) is 23.2. The zero-order valence-corrected chi connectivity index (χ0v) is 12.1. The molecule has 2 aromatic rings. The molecule has 0 aromatic carbocycles. The molecule has 4 heterocycles. The van der Waals surface area contributed by atoms with Crippen molar-refractivity contribution in [2.45, 2.75) is 25.3 Å². The number of hydrogen-bond donors (Lipinski definition) is 0. The highest BCUT2D eigenvalue weighted by molar-refractivity contribution is 5.83. The van der Waals surface area contributed by atoms with Crippen LogP contribution >= 0.6 is 0 Å². The van der Waals surface area contributed by atoms with Crippen molar-refractivity contribution in [2.24, 2.45) is 0 Å². The van der Waals surface area contributed by atoms with Crippen molar-refractivity contribution in [1.29, 1.82) is 0 Å². The summed E-state index contributed by atoms with van der Waals surface area (Å²) >= 11 is 0. The summed E-state index contributed by atoms with van der Waals surface area (Å²) in [7, 11) is 0. The molecule has 0 bridgehead atoms. The number of piperidine rings is 1. The molecule has 0 spiro atoms. The lowest BCUT2D eigenvalue weighted by Gasteiger charge is -2.44. The highest BCUT2D eigenvalue weighted by Gasteiger charge is 2.31. The molecule has 1 unspecified atom stereocenters. The number of hydrogen-bond acceptors (Lipinski definition) is 4. The van der Waals surface area contributed by atoms with E-state index in [0.29, 0.717) is 11.7 Å². The van der Waals surface area contributed by atoms with Gasteiger partial charge in [0.25, 0.3) is 0 Å². The van der Waals surface area contributed by atoms with Crippen molar-refractivity contribution in [3.05, 3.63) is 30.1 Å². The summed E-state index contributed by atoms with van der Waals surface area (Å²) < 4.78 is 1.88. The number of rotatable bonds is 2. The molecule has 1 atom stereocenters. The van der Waals surface area contributed by atoms with Crippen LogP contribution in [0.25, 0.3) is 5.65 Å². The molecule has 2 fully saturated rings. The number of imidazole rings is 1. The molecule has 21 heavy (non-hydrogen) atoms. The van der Waals surface area contributed by atoms with Gasteiger partial charge < -0.3 is 4.90 Å².